The van der Waals surface area contributed by atoms with Crippen LogP contribution in [0.4, 0.5) is 5.69 Å². The second kappa shape index (κ2) is 6.04. The molecular formula is C16H15Cl2NO2. The zero-order valence-corrected chi connectivity index (χ0v) is 13.1. The molecule has 110 valence electrons. The number of nitrogens with one attached hydrogen (secondary N) is 1. The van der Waals surface area contributed by atoms with E-state index in [0.29, 0.717) is 41.3 Å². The van der Waals surface area contributed by atoms with Crippen LogP contribution in [-0.4, -0.2) is 13.2 Å². The Balaban J connectivity index is 1.79. The largest absolute Gasteiger partial charge is 0.486 e. The fourth-order valence-corrected chi connectivity index (χ4v) is 2.71. The molecule has 0 saturated heterocycles. The van der Waals surface area contributed by atoms with E-state index < -0.39 is 0 Å². The van der Waals surface area contributed by atoms with Crippen molar-refractivity contribution in [1.82, 2.24) is 0 Å². The van der Waals surface area contributed by atoms with Gasteiger partial charge < -0.3 is 14.8 Å². The topological polar surface area (TPSA) is 30.5 Å². The monoisotopic (exact) mass is 323 g/mol. The molecule has 1 heterocycles. The number of anilines is 1. The van der Waals surface area contributed by atoms with Crippen LogP contribution >= 0.6 is 23.2 Å². The van der Waals surface area contributed by atoms with Gasteiger partial charge in [-0.05, 0) is 42.3 Å². The number of fused-ring (bicyclic) bond motifs is 1. The van der Waals surface area contributed by atoms with Crippen LogP contribution in [0.1, 0.15) is 11.1 Å². The molecule has 2 aromatic carbocycles. The van der Waals surface area contributed by atoms with Crippen LogP contribution in [0.2, 0.25) is 10.0 Å². The molecule has 0 spiro atoms. The van der Waals surface area contributed by atoms with Gasteiger partial charge in [0, 0.05) is 6.54 Å². The SMILES string of the molecule is Cc1ccc(Cl)c(NCc2cc(Cl)c3c(c2)OCCO3)c1. The van der Waals surface area contributed by atoms with Crippen LogP contribution in [0.3, 0.4) is 0 Å². The summed E-state index contributed by atoms with van der Waals surface area (Å²) in [5.74, 6) is 1.32. The van der Waals surface area contributed by atoms with Crippen molar-refractivity contribution in [3.63, 3.8) is 0 Å². The van der Waals surface area contributed by atoms with Crippen molar-refractivity contribution in [2.75, 3.05) is 18.5 Å². The van der Waals surface area contributed by atoms with Gasteiger partial charge in [0.1, 0.15) is 13.2 Å². The summed E-state index contributed by atoms with van der Waals surface area (Å²) < 4.78 is 11.1. The molecule has 2 aromatic rings. The minimum absolute atomic E-state index is 0.531. The van der Waals surface area contributed by atoms with Crippen LogP contribution < -0.4 is 14.8 Å². The Hall–Kier alpha value is -1.58. The molecule has 3 rings (SSSR count). The van der Waals surface area contributed by atoms with Crippen LogP contribution in [0.15, 0.2) is 30.3 Å². The lowest BCUT2D eigenvalue weighted by atomic mass is 10.1. The lowest BCUT2D eigenvalue weighted by Gasteiger charge is -2.20. The molecule has 5 heteroatoms. The second-order valence-corrected chi connectivity index (χ2v) is 5.75. The van der Waals surface area contributed by atoms with E-state index in [9.17, 15) is 0 Å². The first-order valence-corrected chi connectivity index (χ1v) is 7.47. The van der Waals surface area contributed by atoms with E-state index in [1.807, 2.05) is 37.3 Å². The maximum absolute atomic E-state index is 6.23. The van der Waals surface area contributed by atoms with Crippen LogP contribution in [0.25, 0.3) is 0 Å². The van der Waals surface area contributed by atoms with Gasteiger partial charge in [-0.3, -0.25) is 0 Å². The summed E-state index contributed by atoms with van der Waals surface area (Å²) in [6.45, 7) is 3.72. The van der Waals surface area contributed by atoms with Gasteiger partial charge in [-0.1, -0.05) is 29.3 Å². The normalized spacial score (nSPS) is 13.1. The first kappa shape index (κ1) is 14.4. The average molecular weight is 324 g/mol. The zero-order valence-electron chi connectivity index (χ0n) is 11.6. The van der Waals surface area contributed by atoms with Gasteiger partial charge in [-0.2, -0.15) is 0 Å². The number of hydrogen-bond donors (Lipinski definition) is 1. The molecule has 0 unspecified atom stereocenters. The van der Waals surface area contributed by atoms with Crippen molar-refractivity contribution < 1.29 is 9.47 Å². The quantitative estimate of drug-likeness (QED) is 0.889. The minimum atomic E-state index is 0.531. The van der Waals surface area contributed by atoms with Crippen LogP contribution in [0, 0.1) is 6.92 Å². The Morgan fingerprint density at radius 1 is 1.05 bits per heavy atom. The Morgan fingerprint density at radius 3 is 2.71 bits per heavy atom. The molecule has 0 atom stereocenters. The highest BCUT2D eigenvalue weighted by molar-refractivity contribution is 6.33. The van der Waals surface area contributed by atoms with Gasteiger partial charge in [0.25, 0.3) is 0 Å². The van der Waals surface area contributed by atoms with E-state index >= 15 is 0 Å². The van der Waals surface area contributed by atoms with E-state index in [-0.39, 0.29) is 0 Å². The summed E-state index contributed by atoms with van der Waals surface area (Å²) in [5, 5.41) is 4.58. The van der Waals surface area contributed by atoms with Crippen LogP contribution in [-0.2, 0) is 6.54 Å². The summed E-state index contributed by atoms with van der Waals surface area (Å²) in [6, 6.07) is 9.70. The maximum atomic E-state index is 6.23. The number of halogens is 2. The molecule has 0 radical (unpaired) electrons. The van der Waals surface area contributed by atoms with Crippen molar-refractivity contribution in [3.8, 4) is 11.5 Å². The Kier molecular flexibility index (Phi) is 4.13. The third kappa shape index (κ3) is 3.20. The zero-order chi connectivity index (χ0) is 14.8. The fourth-order valence-electron chi connectivity index (χ4n) is 2.24. The third-order valence-electron chi connectivity index (χ3n) is 3.26. The maximum Gasteiger partial charge on any atom is 0.179 e. The van der Waals surface area contributed by atoms with E-state index in [1.54, 1.807) is 0 Å². The first-order valence-electron chi connectivity index (χ1n) is 6.71. The molecule has 0 saturated carbocycles. The van der Waals surface area contributed by atoms with Crippen molar-refractivity contribution in [2.24, 2.45) is 0 Å². The van der Waals surface area contributed by atoms with Crippen molar-refractivity contribution in [3.05, 3.63) is 51.5 Å². The van der Waals surface area contributed by atoms with Crippen molar-refractivity contribution in [2.45, 2.75) is 13.5 Å². The summed E-state index contributed by atoms with van der Waals surface area (Å²) in [6.07, 6.45) is 0. The van der Waals surface area contributed by atoms with Gasteiger partial charge in [-0.15, -0.1) is 0 Å². The highest BCUT2D eigenvalue weighted by Gasteiger charge is 2.16. The summed E-state index contributed by atoms with van der Waals surface area (Å²) in [7, 11) is 0. The average Bonchev–Trinajstić information content (AvgIpc) is 2.48. The molecule has 1 aliphatic rings. The number of hydrogen-bond acceptors (Lipinski definition) is 3. The van der Waals surface area contributed by atoms with Gasteiger partial charge >= 0.3 is 0 Å². The standard InChI is InChI=1S/C16H15Cl2NO2/c1-10-2-3-12(17)14(6-10)19-9-11-7-13(18)16-15(8-11)20-4-5-21-16/h2-3,6-8,19H,4-5,9H2,1H3. The molecule has 1 N–H and O–H groups in total. The molecule has 0 amide bonds. The molecule has 21 heavy (non-hydrogen) atoms. The smallest absolute Gasteiger partial charge is 0.179 e. The van der Waals surface area contributed by atoms with Crippen LogP contribution in [0.5, 0.6) is 11.5 Å². The molecule has 0 bridgehead atoms. The van der Waals surface area contributed by atoms with E-state index in [1.165, 1.54) is 0 Å². The highest BCUT2D eigenvalue weighted by atomic mass is 35.5. The van der Waals surface area contributed by atoms with Gasteiger partial charge in [-0.25, -0.2) is 0 Å². The van der Waals surface area contributed by atoms with Gasteiger partial charge in [0.05, 0.1) is 15.7 Å². The van der Waals surface area contributed by atoms with E-state index in [4.69, 9.17) is 32.7 Å². The molecule has 0 aliphatic carbocycles. The Bertz CT molecular complexity index is 674. The molecule has 0 aromatic heterocycles. The summed E-state index contributed by atoms with van der Waals surface area (Å²) >= 11 is 12.4. The molecular weight excluding hydrogens is 309 g/mol. The fraction of sp³-hybridized carbons (Fsp3) is 0.250. The number of aryl methyl sites for hydroxylation is 1. The molecule has 3 nitrogen and oxygen atoms in total. The van der Waals surface area contributed by atoms with Crippen molar-refractivity contribution in [1.29, 1.82) is 0 Å². The van der Waals surface area contributed by atoms with Gasteiger partial charge in [0.15, 0.2) is 11.5 Å². The Morgan fingerprint density at radius 2 is 1.86 bits per heavy atom. The lowest BCUT2D eigenvalue weighted by Crippen LogP contribution is -2.16. The molecule has 1 aliphatic heterocycles. The second-order valence-electron chi connectivity index (χ2n) is 4.94. The lowest BCUT2D eigenvalue weighted by molar-refractivity contribution is 0.171. The minimum Gasteiger partial charge on any atom is -0.486 e. The summed E-state index contributed by atoms with van der Waals surface area (Å²) in [4.78, 5) is 0. The van der Waals surface area contributed by atoms with E-state index in [0.717, 1.165) is 16.8 Å². The molecule has 0 fully saturated rings. The number of rotatable bonds is 3. The third-order valence-corrected chi connectivity index (χ3v) is 3.87. The van der Waals surface area contributed by atoms with E-state index in [2.05, 4.69) is 5.32 Å². The highest BCUT2D eigenvalue weighted by Crippen LogP contribution is 2.38. The Labute approximate surface area is 133 Å². The predicted molar refractivity (Wildman–Crippen MR) is 86.0 cm³/mol. The number of ether oxygens (including phenoxy) is 2. The predicted octanol–water partition coefficient (Wildman–Crippen LogP) is 4.69. The first-order chi connectivity index (χ1) is 10.1. The van der Waals surface area contributed by atoms with Gasteiger partial charge in [0.2, 0.25) is 0 Å². The van der Waals surface area contributed by atoms with Crippen molar-refractivity contribution >= 4 is 28.9 Å². The summed E-state index contributed by atoms with van der Waals surface area (Å²) in [5.41, 5.74) is 3.08. The number of benzene rings is 2.